The number of ether oxygens (including phenoxy) is 3. The van der Waals surface area contributed by atoms with E-state index in [0.717, 1.165) is 27.5 Å². The van der Waals surface area contributed by atoms with Crippen LogP contribution in [0.25, 0.3) is 10.8 Å². The standard InChI is InChI=1S/C37H30ClN3O5/c1-25(2)35(42)44-24-45-36(43)33-34(46-32-21-19-26-22-31(38)20-18-27(26)23-32)39-40-41(33)37(28-12-6-3-7-13-28,29-14-8-4-9-15-29)30-16-10-5-11-17-30/h3-23,25H,24H2,1-2H3. The maximum absolute atomic E-state index is 14.1. The van der Waals surface area contributed by atoms with Crippen molar-refractivity contribution in [2.45, 2.75) is 19.4 Å². The van der Waals surface area contributed by atoms with Gasteiger partial charge in [0.1, 0.15) is 11.3 Å². The molecule has 0 atom stereocenters. The van der Waals surface area contributed by atoms with Crippen LogP contribution in [0.1, 0.15) is 41.0 Å². The fourth-order valence-corrected chi connectivity index (χ4v) is 5.58. The first kappa shape index (κ1) is 30.6. The van der Waals surface area contributed by atoms with Gasteiger partial charge in [-0.25, -0.2) is 9.48 Å². The van der Waals surface area contributed by atoms with Gasteiger partial charge >= 0.3 is 11.9 Å². The molecular weight excluding hydrogens is 602 g/mol. The molecule has 0 radical (unpaired) electrons. The average Bonchev–Trinajstić information content (AvgIpc) is 3.50. The van der Waals surface area contributed by atoms with Gasteiger partial charge in [-0.15, -0.1) is 0 Å². The van der Waals surface area contributed by atoms with E-state index in [9.17, 15) is 9.59 Å². The lowest BCUT2D eigenvalue weighted by molar-refractivity contribution is -0.155. The van der Waals surface area contributed by atoms with Crippen molar-refractivity contribution in [1.29, 1.82) is 0 Å². The monoisotopic (exact) mass is 631 g/mol. The largest absolute Gasteiger partial charge is 0.436 e. The van der Waals surface area contributed by atoms with Gasteiger partial charge in [-0.1, -0.05) is 139 Å². The van der Waals surface area contributed by atoms with Crippen molar-refractivity contribution in [2.24, 2.45) is 5.92 Å². The van der Waals surface area contributed by atoms with Crippen LogP contribution in [-0.2, 0) is 19.8 Å². The predicted molar refractivity (Wildman–Crippen MR) is 175 cm³/mol. The minimum Gasteiger partial charge on any atom is -0.436 e. The molecule has 0 aliphatic rings. The van der Waals surface area contributed by atoms with Gasteiger partial charge in [0.25, 0.3) is 5.88 Å². The van der Waals surface area contributed by atoms with Gasteiger partial charge in [-0.05, 0) is 51.7 Å². The van der Waals surface area contributed by atoms with Gasteiger partial charge in [0.05, 0.1) is 5.92 Å². The molecule has 5 aromatic carbocycles. The summed E-state index contributed by atoms with van der Waals surface area (Å²) in [4.78, 5) is 26.2. The minimum atomic E-state index is -1.19. The van der Waals surface area contributed by atoms with Crippen molar-refractivity contribution in [3.8, 4) is 11.6 Å². The van der Waals surface area contributed by atoms with Crippen molar-refractivity contribution in [3.63, 3.8) is 0 Å². The number of carbonyl (C=O) groups excluding carboxylic acids is 2. The highest BCUT2D eigenvalue weighted by Crippen LogP contribution is 2.43. The van der Waals surface area contributed by atoms with Gasteiger partial charge in [-0.3, -0.25) is 4.79 Å². The van der Waals surface area contributed by atoms with Crippen LogP contribution in [0.5, 0.6) is 11.6 Å². The second-order valence-corrected chi connectivity index (χ2v) is 11.3. The normalized spacial score (nSPS) is 11.4. The Balaban J connectivity index is 1.55. The Labute approximate surface area is 271 Å². The Morgan fingerprint density at radius 2 is 1.28 bits per heavy atom. The molecule has 1 aromatic heterocycles. The molecule has 0 aliphatic carbocycles. The van der Waals surface area contributed by atoms with Gasteiger partial charge in [0, 0.05) is 5.02 Å². The Kier molecular flexibility index (Phi) is 8.81. The summed E-state index contributed by atoms with van der Waals surface area (Å²) in [5.74, 6) is -1.39. The molecule has 0 fully saturated rings. The van der Waals surface area contributed by atoms with Crippen molar-refractivity contribution < 1.29 is 23.8 Å². The first-order valence-corrected chi connectivity index (χ1v) is 15.1. The third kappa shape index (κ3) is 5.95. The number of hydrogen-bond acceptors (Lipinski definition) is 7. The maximum Gasteiger partial charge on any atom is 0.365 e. The Bertz CT molecular complexity index is 1880. The van der Waals surface area contributed by atoms with Crippen LogP contribution in [0.4, 0.5) is 0 Å². The lowest BCUT2D eigenvalue weighted by Crippen LogP contribution is -2.40. The number of benzene rings is 5. The fourth-order valence-electron chi connectivity index (χ4n) is 5.40. The van der Waals surface area contributed by atoms with E-state index >= 15 is 0 Å². The molecule has 6 aromatic rings. The highest BCUT2D eigenvalue weighted by Gasteiger charge is 2.44. The second-order valence-electron chi connectivity index (χ2n) is 10.9. The van der Waals surface area contributed by atoms with E-state index in [4.69, 9.17) is 25.8 Å². The van der Waals surface area contributed by atoms with Crippen LogP contribution in [0, 0.1) is 5.92 Å². The summed E-state index contributed by atoms with van der Waals surface area (Å²) in [6.45, 7) is 2.80. The van der Waals surface area contributed by atoms with Crippen LogP contribution in [0.2, 0.25) is 5.02 Å². The number of fused-ring (bicyclic) bond motifs is 1. The summed E-state index contributed by atoms with van der Waals surface area (Å²) in [7, 11) is 0. The van der Waals surface area contributed by atoms with E-state index in [1.165, 1.54) is 4.68 Å². The van der Waals surface area contributed by atoms with Gasteiger partial charge in [0.15, 0.2) is 0 Å². The molecule has 0 saturated carbocycles. The number of halogens is 1. The van der Waals surface area contributed by atoms with Gasteiger partial charge in [-0.2, -0.15) is 0 Å². The molecule has 46 heavy (non-hydrogen) atoms. The average molecular weight is 632 g/mol. The van der Waals surface area contributed by atoms with Crippen LogP contribution in [0.15, 0.2) is 127 Å². The minimum absolute atomic E-state index is 0.0756. The zero-order chi connectivity index (χ0) is 32.1. The van der Waals surface area contributed by atoms with Crippen LogP contribution in [-0.4, -0.2) is 33.7 Å². The number of rotatable bonds is 10. The lowest BCUT2D eigenvalue weighted by atomic mass is 9.77. The lowest BCUT2D eigenvalue weighted by Gasteiger charge is -2.36. The Hall–Kier alpha value is -5.47. The molecule has 0 saturated heterocycles. The van der Waals surface area contributed by atoms with Crippen LogP contribution >= 0.6 is 11.6 Å². The topological polar surface area (TPSA) is 92.5 Å². The van der Waals surface area contributed by atoms with E-state index in [1.807, 2.05) is 115 Å². The predicted octanol–water partition coefficient (Wildman–Crippen LogP) is 8.03. The molecule has 0 unspecified atom stereocenters. The smallest absolute Gasteiger partial charge is 0.365 e. The maximum atomic E-state index is 14.1. The number of aromatic nitrogens is 3. The van der Waals surface area contributed by atoms with E-state index in [-0.39, 0.29) is 11.6 Å². The molecular formula is C37H30ClN3O5. The number of carbonyl (C=O) groups is 2. The van der Waals surface area contributed by atoms with Crippen molar-refractivity contribution >= 4 is 34.3 Å². The zero-order valence-corrected chi connectivity index (χ0v) is 25.9. The quantitative estimate of drug-likeness (QED) is 0.0858. The van der Waals surface area contributed by atoms with E-state index < -0.39 is 30.2 Å². The molecule has 0 N–H and O–H groups in total. The molecule has 0 bridgehead atoms. The summed E-state index contributed by atoms with van der Waals surface area (Å²) in [5.41, 5.74) is 1.17. The summed E-state index contributed by atoms with van der Waals surface area (Å²) >= 11 is 6.18. The van der Waals surface area contributed by atoms with Gasteiger partial charge in [0.2, 0.25) is 12.5 Å². The van der Waals surface area contributed by atoms with Crippen molar-refractivity contribution in [3.05, 3.63) is 155 Å². The fraction of sp³-hybridized carbons (Fsp3) is 0.135. The van der Waals surface area contributed by atoms with Crippen molar-refractivity contribution in [2.75, 3.05) is 6.79 Å². The molecule has 9 heteroatoms. The SMILES string of the molecule is CC(C)C(=O)OCOC(=O)c1c(Oc2ccc3cc(Cl)ccc3c2)nnn1C(c1ccccc1)(c1ccccc1)c1ccccc1. The molecule has 0 spiro atoms. The molecule has 1 heterocycles. The van der Waals surface area contributed by atoms with E-state index in [2.05, 4.69) is 10.3 Å². The third-order valence-corrected chi connectivity index (χ3v) is 7.81. The first-order valence-electron chi connectivity index (χ1n) is 14.7. The summed E-state index contributed by atoms with van der Waals surface area (Å²) in [5, 5.41) is 11.4. The first-order chi connectivity index (χ1) is 22.4. The third-order valence-electron chi connectivity index (χ3n) is 7.58. The molecule has 8 nitrogen and oxygen atoms in total. The highest BCUT2D eigenvalue weighted by atomic mass is 35.5. The molecule has 230 valence electrons. The molecule has 0 aliphatic heterocycles. The van der Waals surface area contributed by atoms with Gasteiger partial charge < -0.3 is 14.2 Å². The number of hydrogen-bond donors (Lipinski definition) is 0. The van der Waals surface area contributed by atoms with E-state index in [1.54, 1.807) is 26.0 Å². The molecule has 6 rings (SSSR count). The Morgan fingerprint density at radius 3 is 1.85 bits per heavy atom. The van der Waals surface area contributed by atoms with Crippen LogP contribution < -0.4 is 4.74 Å². The number of esters is 2. The zero-order valence-electron chi connectivity index (χ0n) is 25.2. The summed E-state index contributed by atoms with van der Waals surface area (Å²) in [6.07, 6.45) is 0. The summed E-state index contributed by atoms with van der Waals surface area (Å²) in [6, 6.07) is 40.1. The molecule has 0 amide bonds. The summed E-state index contributed by atoms with van der Waals surface area (Å²) < 4.78 is 18.5. The Morgan fingerprint density at radius 1 is 0.739 bits per heavy atom. The second kappa shape index (κ2) is 13.3. The number of nitrogens with zero attached hydrogens (tertiary/aromatic N) is 3. The van der Waals surface area contributed by atoms with Crippen molar-refractivity contribution in [1.82, 2.24) is 15.0 Å². The van der Waals surface area contributed by atoms with E-state index in [0.29, 0.717) is 10.8 Å². The van der Waals surface area contributed by atoms with Crippen LogP contribution in [0.3, 0.4) is 0 Å². The highest BCUT2D eigenvalue weighted by molar-refractivity contribution is 6.31.